The number of quaternary nitrogens is 1. The van der Waals surface area contributed by atoms with Gasteiger partial charge in [0.15, 0.2) is 0 Å². The molecule has 1 saturated heterocycles. The molecule has 0 spiro atoms. The molecular formula is C15H22IN3. The van der Waals surface area contributed by atoms with E-state index in [2.05, 4.69) is 44.0 Å². The summed E-state index contributed by atoms with van der Waals surface area (Å²) in [7, 11) is 2.35. The van der Waals surface area contributed by atoms with Crippen LogP contribution in [0.3, 0.4) is 0 Å². The molecule has 0 aromatic heterocycles. The monoisotopic (exact) mass is 371 g/mol. The highest BCUT2D eigenvalue weighted by Crippen LogP contribution is 2.23. The van der Waals surface area contributed by atoms with Crippen LogP contribution in [0.25, 0.3) is 0 Å². The first-order valence-electron chi connectivity index (χ1n) is 6.68. The summed E-state index contributed by atoms with van der Waals surface area (Å²) in [5.74, 6) is 0. The molecular weight excluding hydrogens is 349 g/mol. The molecule has 19 heavy (non-hydrogen) atoms. The van der Waals surface area contributed by atoms with Crippen LogP contribution in [0.15, 0.2) is 24.3 Å². The molecule has 1 aromatic rings. The van der Waals surface area contributed by atoms with Gasteiger partial charge in [0.2, 0.25) is 0 Å². The Labute approximate surface area is 133 Å². The number of hydrogen-bond acceptors (Lipinski definition) is 2. The first kappa shape index (κ1) is 16.3. The van der Waals surface area contributed by atoms with Gasteiger partial charge in [0, 0.05) is 5.69 Å². The molecule has 1 aliphatic heterocycles. The zero-order valence-corrected chi connectivity index (χ0v) is 14.1. The smallest absolute Gasteiger partial charge is 0.104 e. The van der Waals surface area contributed by atoms with Crippen molar-refractivity contribution in [2.24, 2.45) is 0 Å². The lowest BCUT2D eigenvalue weighted by molar-refractivity contribution is -0.930. The Morgan fingerprint density at radius 3 is 2.47 bits per heavy atom. The summed E-state index contributed by atoms with van der Waals surface area (Å²) in [6, 6.07) is 10.8. The number of hydrogen-bond donors (Lipinski definition) is 0. The summed E-state index contributed by atoms with van der Waals surface area (Å²) in [4.78, 5) is 2.43. The third-order valence-corrected chi connectivity index (χ3v) is 4.51. The van der Waals surface area contributed by atoms with Crippen LogP contribution in [0.2, 0.25) is 0 Å². The Hall–Kier alpha value is -0.800. The van der Waals surface area contributed by atoms with Gasteiger partial charge in [0.25, 0.3) is 0 Å². The molecule has 104 valence electrons. The molecule has 2 unspecified atom stereocenters. The topological polar surface area (TPSA) is 27.0 Å². The number of likely N-dealkylation sites (N-methyl/N-ethyl adjacent to an activating group) is 1. The summed E-state index contributed by atoms with van der Waals surface area (Å²) in [5, 5.41) is 8.82. The predicted octanol–water partition coefficient (Wildman–Crippen LogP) is -0.763. The van der Waals surface area contributed by atoms with Crippen LogP contribution >= 0.6 is 0 Å². The van der Waals surface area contributed by atoms with Crippen molar-refractivity contribution in [1.29, 1.82) is 5.26 Å². The summed E-state index contributed by atoms with van der Waals surface area (Å²) < 4.78 is 1.16. The van der Waals surface area contributed by atoms with Crippen LogP contribution in [0.4, 0.5) is 5.69 Å². The van der Waals surface area contributed by atoms with E-state index in [1.165, 1.54) is 18.8 Å². The number of benzene rings is 1. The fraction of sp³-hybridized carbons (Fsp3) is 0.533. The molecule has 3 nitrogen and oxygen atoms in total. The minimum Gasteiger partial charge on any atom is -1.00 e. The van der Waals surface area contributed by atoms with E-state index in [1.807, 2.05) is 12.1 Å². The first-order chi connectivity index (χ1) is 8.59. The number of rotatable bonds is 2. The standard InChI is InChI=1S/C15H22N3.HI/c1-4-18(3)10-9-17(12-13(18)2)15-7-5-14(11-16)6-8-15;/h5-8,13H,4,9-10,12H2,1-3H3;1H/q+1;/p-1. The number of nitrogens with zero attached hydrogens (tertiary/aromatic N) is 3. The van der Waals surface area contributed by atoms with E-state index in [9.17, 15) is 0 Å². The number of anilines is 1. The molecule has 1 aromatic carbocycles. The maximum Gasteiger partial charge on any atom is 0.104 e. The summed E-state index contributed by atoms with van der Waals surface area (Å²) >= 11 is 0. The van der Waals surface area contributed by atoms with Crippen molar-refractivity contribution in [3.63, 3.8) is 0 Å². The van der Waals surface area contributed by atoms with Crippen LogP contribution in [-0.4, -0.2) is 43.8 Å². The number of nitriles is 1. The highest BCUT2D eigenvalue weighted by molar-refractivity contribution is 5.50. The molecule has 2 atom stereocenters. The van der Waals surface area contributed by atoms with Gasteiger partial charge in [-0.15, -0.1) is 0 Å². The molecule has 1 aliphatic rings. The van der Waals surface area contributed by atoms with Crippen LogP contribution in [0.1, 0.15) is 19.4 Å². The Balaban J connectivity index is 0.00000180. The highest BCUT2D eigenvalue weighted by atomic mass is 127. The zero-order valence-electron chi connectivity index (χ0n) is 11.9. The molecule has 0 aliphatic carbocycles. The quantitative estimate of drug-likeness (QED) is 0.505. The lowest BCUT2D eigenvalue weighted by Gasteiger charge is -2.47. The van der Waals surface area contributed by atoms with E-state index >= 15 is 0 Å². The summed E-state index contributed by atoms with van der Waals surface area (Å²) in [5.41, 5.74) is 1.97. The maximum atomic E-state index is 8.82. The van der Waals surface area contributed by atoms with Gasteiger partial charge in [-0.05, 0) is 38.1 Å². The van der Waals surface area contributed by atoms with Crippen LogP contribution in [0, 0.1) is 11.3 Å². The van der Waals surface area contributed by atoms with Gasteiger partial charge in [-0.25, -0.2) is 0 Å². The normalized spacial score (nSPS) is 26.4. The highest BCUT2D eigenvalue weighted by Gasteiger charge is 2.33. The first-order valence-corrected chi connectivity index (χ1v) is 6.68. The Morgan fingerprint density at radius 1 is 1.37 bits per heavy atom. The molecule has 0 bridgehead atoms. The van der Waals surface area contributed by atoms with Crippen molar-refractivity contribution >= 4 is 5.69 Å². The molecule has 0 N–H and O–H groups in total. The van der Waals surface area contributed by atoms with Crippen molar-refractivity contribution in [3.05, 3.63) is 29.8 Å². The summed E-state index contributed by atoms with van der Waals surface area (Å²) in [6.07, 6.45) is 0. The van der Waals surface area contributed by atoms with E-state index < -0.39 is 0 Å². The van der Waals surface area contributed by atoms with Crippen molar-refractivity contribution in [2.45, 2.75) is 19.9 Å². The van der Waals surface area contributed by atoms with Gasteiger partial charge >= 0.3 is 0 Å². The maximum absolute atomic E-state index is 8.82. The lowest BCUT2D eigenvalue weighted by atomic mass is 10.1. The second kappa shape index (κ2) is 6.58. The van der Waals surface area contributed by atoms with Gasteiger partial charge < -0.3 is 33.4 Å². The van der Waals surface area contributed by atoms with Crippen LogP contribution in [0.5, 0.6) is 0 Å². The Morgan fingerprint density at radius 2 is 2.00 bits per heavy atom. The van der Waals surface area contributed by atoms with Crippen molar-refractivity contribution in [1.82, 2.24) is 0 Å². The molecule has 1 heterocycles. The zero-order chi connectivity index (χ0) is 13.2. The predicted molar refractivity (Wildman–Crippen MR) is 74.4 cm³/mol. The van der Waals surface area contributed by atoms with Gasteiger partial charge in [-0.2, -0.15) is 5.26 Å². The van der Waals surface area contributed by atoms with Crippen LogP contribution in [-0.2, 0) is 0 Å². The van der Waals surface area contributed by atoms with E-state index in [1.54, 1.807) is 0 Å². The number of halogens is 1. The molecule has 0 amide bonds. The van der Waals surface area contributed by atoms with Crippen molar-refractivity contribution in [2.75, 3.05) is 38.1 Å². The SMILES string of the molecule is CC[N+]1(C)CCN(c2ccc(C#N)cc2)CC1C.[I-]. The van der Waals surface area contributed by atoms with Gasteiger partial charge in [0.1, 0.15) is 6.04 Å². The van der Waals surface area contributed by atoms with Crippen LogP contribution < -0.4 is 28.9 Å². The molecule has 0 saturated carbocycles. The average molecular weight is 371 g/mol. The minimum atomic E-state index is 0. The molecule has 4 heteroatoms. The third-order valence-electron chi connectivity index (χ3n) is 4.51. The second-order valence-corrected chi connectivity index (χ2v) is 5.47. The lowest BCUT2D eigenvalue weighted by Crippen LogP contribution is -3.00. The second-order valence-electron chi connectivity index (χ2n) is 5.47. The summed E-state index contributed by atoms with van der Waals surface area (Å²) in [6.45, 7) is 9.18. The Kier molecular flexibility index (Phi) is 5.63. The minimum absolute atomic E-state index is 0. The van der Waals surface area contributed by atoms with Crippen molar-refractivity contribution in [3.8, 4) is 6.07 Å². The van der Waals surface area contributed by atoms with E-state index in [0.717, 1.165) is 23.1 Å². The van der Waals surface area contributed by atoms with E-state index in [4.69, 9.17) is 5.26 Å². The molecule has 0 radical (unpaired) electrons. The molecule has 1 fully saturated rings. The average Bonchev–Trinajstić information content (AvgIpc) is 2.42. The Bertz CT molecular complexity index is 451. The van der Waals surface area contributed by atoms with Gasteiger partial charge in [-0.1, -0.05) is 0 Å². The largest absolute Gasteiger partial charge is 1.00 e. The molecule has 2 rings (SSSR count). The van der Waals surface area contributed by atoms with Gasteiger partial charge in [0.05, 0.1) is 44.9 Å². The van der Waals surface area contributed by atoms with Gasteiger partial charge in [-0.3, -0.25) is 0 Å². The van der Waals surface area contributed by atoms with E-state index in [-0.39, 0.29) is 24.0 Å². The third kappa shape index (κ3) is 3.40. The number of piperazine rings is 1. The fourth-order valence-corrected chi connectivity index (χ4v) is 2.63. The van der Waals surface area contributed by atoms with E-state index in [0.29, 0.717) is 6.04 Å². The van der Waals surface area contributed by atoms with Crippen molar-refractivity contribution < 1.29 is 28.5 Å². The fourth-order valence-electron chi connectivity index (χ4n) is 2.63.